The number of carbonyl (C=O) groups is 6. The summed E-state index contributed by atoms with van der Waals surface area (Å²) in [5, 5.41) is 7.53. The van der Waals surface area contributed by atoms with Crippen molar-refractivity contribution in [3.8, 4) is 34.5 Å². The molecule has 18 heteroatoms. The van der Waals surface area contributed by atoms with Gasteiger partial charge in [-0.1, -0.05) is 114 Å². The molecule has 2 aliphatic rings. The fourth-order valence-corrected chi connectivity index (χ4v) is 11.5. The van der Waals surface area contributed by atoms with Gasteiger partial charge in [0.1, 0.15) is 34.5 Å². The normalized spacial score (nSPS) is 16.5. The van der Waals surface area contributed by atoms with Crippen LogP contribution in [0, 0.1) is 23.7 Å². The molecule has 472 valence electrons. The van der Waals surface area contributed by atoms with E-state index >= 15 is 0 Å². The zero-order valence-corrected chi connectivity index (χ0v) is 51.9. The number of hydrogen-bond acceptors (Lipinski definition) is 18. The molecule has 0 saturated heterocycles. The molecule has 88 heavy (non-hydrogen) atoms. The van der Waals surface area contributed by atoms with E-state index in [4.69, 9.17) is 48.0 Å². The summed E-state index contributed by atoms with van der Waals surface area (Å²) in [6.07, 6.45) is 23.5. The lowest BCUT2D eigenvalue weighted by molar-refractivity contribution is -0.145. The van der Waals surface area contributed by atoms with Crippen molar-refractivity contribution in [2.75, 3.05) is 38.0 Å². The molecule has 4 aromatic carbocycles. The molecule has 2 fully saturated rings. The van der Waals surface area contributed by atoms with Crippen LogP contribution >= 0.6 is 11.3 Å². The third-order valence-electron chi connectivity index (χ3n) is 15.8. The second kappa shape index (κ2) is 37.7. The highest BCUT2D eigenvalue weighted by atomic mass is 32.1. The number of ether oxygens (including phenoxy) is 8. The zero-order chi connectivity index (χ0) is 62.1. The maximum atomic E-state index is 14.0. The van der Waals surface area contributed by atoms with Gasteiger partial charge >= 0.3 is 35.8 Å². The van der Waals surface area contributed by atoms with Crippen LogP contribution in [0.4, 0.5) is 5.13 Å². The van der Waals surface area contributed by atoms with Gasteiger partial charge in [-0.05, 0) is 162 Å². The molecule has 0 radical (unpaired) electrons. The number of thiazole rings is 1. The van der Waals surface area contributed by atoms with Crippen LogP contribution in [0.5, 0.6) is 34.5 Å². The summed E-state index contributed by atoms with van der Waals surface area (Å²) in [6.45, 7) is 11.6. The van der Waals surface area contributed by atoms with Gasteiger partial charge in [0, 0.05) is 24.3 Å². The predicted molar refractivity (Wildman–Crippen MR) is 340 cm³/mol. The molecule has 0 atom stereocenters. The van der Waals surface area contributed by atoms with Gasteiger partial charge in [0.05, 0.1) is 66.5 Å². The third kappa shape index (κ3) is 23.3. The van der Waals surface area contributed by atoms with E-state index in [1.54, 1.807) is 84.3 Å². The van der Waals surface area contributed by atoms with Gasteiger partial charge in [0.15, 0.2) is 0 Å². The summed E-state index contributed by atoms with van der Waals surface area (Å²) in [4.78, 5) is 81.6. The monoisotopic (exact) mass is 1230 g/mol. The van der Waals surface area contributed by atoms with Crippen molar-refractivity contribution in [2.45, 2.75) is 161 Å². The number of nitrogens with zero attached hydrogens (tertiary/aromatic N) is 3. The molecule has 0 N–H and O–H groups in total. The number of fused-ring (bicyclic) bond motifs is 1. The quantitative estimate of drug-likeness (QED) is 0.00900. The van der Waals surface area contributed by atoms with Gasteiger partial charge in [-0.15, -0.1) is 0 Å². The number of esters is 6. The number of benzene rings is 4. The molecule has 0 aliphatic heterocycles. The van der Waals surface area contributed by atoms with Crippen LogP contribution in [0.3, 0.4) is 0 Å². The number of para-hydroxylation sites is 1. The van der Waals surface area contributed by atoms with Crippen molar-refractivity contribution < 1.29 is 66.7 Å². The summed E-state index contributed by atoms with van der Waals surface area (Å²) in [7, 11) is 0. The lowest BCUT2D eigenvalue weighted by Gasteiger charge is -2.26. The summed E-state index contributed by atoms with van der Waals surface area (Å²) in [5.74, 6) is -1.19. The van der Waals surface area contributed by atoms with E-state index in [1.165, 1.54) is 12.2 Å². The molecule has 1 heterocycles. The number of hydrogen-bond donors (Lipinski definition) is 0. The minimum atomic E-state index is -0.458. The predicted octanol–water partition coefficient (Wildman–Crippen LogP) is 15.2. The molecule has 0 unspecified atom stereocenters. The van der Waals surface area contributed by atoms with Gasteiger partial charge in [-0.25, -0.2) is 19.6 Å². The summed E-state index contributed by atoms with van der Waals surface area (Å²) in [6, 6.07) is 26.9. The third-order valence-corrected chi connectivity index (χ3v) is 16.8. The molecule has 0 spiro atoms. The van der Waals surface area contributed by atoms with Crippen molar-refractivity contribution in [2.24, 2.45) is 28.8 Å². The fourth-order valence-electron chi connectivity index (χ4n) is 10.6. The average molecular weight is 1230 g/mol. The highest BCUT2D eigenvalue weighted by Crippen LogP contribution is 2.36. The van der Waals surface area contributed by atoms with E-state index in [0.717, 1.165) is 118 Å². The molecule has 1 aromatic heterocycles. The zero-order valence-electron chi connectivity index (χ0n) is 51.1. The Morgan fingerprint density at radius 1 is 0.500 bits per heavy atom. The first-order chi connectivity index (χ1) is 43.0. The van der Waals surface area contributed by atoms with Crippen molar-refractivity contribution in [3.05, 3.63) is 122 Å². The summed E-state index contributed by atoms with van der Waals surface area (Å²) in [5.41, 5.74) is 1.30. The summed E-state index contributed by atoms with van der Waals surface area (Å²) >= 11 is 1.54. The largest absolute Gasteiger partial charge is 0.494 e. The smallest absolute Gasteiger partial charge is 0.330 e. The van der Waals surface area contributed by atoms with E-state index in [1.807, 2.05) is 29.3 Å². The first kappa shape index (κ1) is 67.6. The van der Waals surface area contributed by atoms with Crippen LogP contribution in [-0.4, -0.2) is 80.0 Å². The Bertz CT molecular complexity index is 3000. The van der Waals surface area contributed by atoms with E-state index in [9.17, 15) is 28.8 Å². The summed E-state index contributed by atoms with van der Waals surface area (Å²) < 4.78 is 46.6. The van der Waals surface area contributed by atoms with Gasteiger partial charge in [0.2, 0.25) is 5.13 Å². The van der Waals surface area contributed by atoms with Crippen LogP contribution in [0.2, 0.25) is 0 Å². The maximum absolute atomic E-state index is 14.0. The number of hydrazone groups is 1. The minimum Gasteiger partial charge on any atom is -0.494 e. The van der Waals surface area contributed by atoms with Crippen molar-refractivity contribution >= 4 is 68.7 Å². The number of unbranched alkanes of at least 4 members (excludes halogenated alkanes) is 13. The Balaban J connectivity index is 0.885. The van der Waals surface area contributed by atoms with Crippen LogP contribution in [0.25, 0.3) is 10.2 Å². The van der Waals surface area contributed by atoms with E-state index < -0.39 is 23.8 Å². The highest BCUT2D eigenvalue weighted by molar-refractivity contribution is 7.22. The Kier molecular flexibility index (Phi) is 29.0. The number of aromatic nitrogens is 1. The molecule has 2 saturated carbocycles. The number of anilines is 1. The van der Waals surface area contributed by atoms with E-state index in [2.05, 4.69) is 20.1 Å². The van der Waals surface area contributed by atoms with Gasteiger partial charge < -0.3 is 37.9 Å². The van der Waals surface area contributed by atoms with Crippen LogP contribution in [-0.2, 0) is 38.2 Å². The minimum absolute atomic E-state index is 0.248. The van der Waals surface area contributed by atoms with Gasteiger partial charge in [0.25, 0.3) is 0 Å². The second-order valence-corrected chi connectivity index (χ2v) is 23.5. The van der Waals surface area contributed by atoms with Gasteiger partial charge in [-0.2, -0.15) is 5.10 Å². The lowest BCUT2D eigenvalue weighted by Crippen LogP contribution is -2.30. The van der Waals surface area contributed by atoms with Crippen LogP contribution < -0.4 is 33.4 Å². The molecule has 0 bridgehead atoms. The topological polar surface area (TPSA) is 205 Å². The Morgan fingerprint density at radius 2 is 0.909 bits per heavy atom. The fraction of sp³-hybridized carbons (Fsp3) is 0.486. The molecule has 17 nitrogen and oxygen atoms in total. The standard InChI is InChI=1S/C70H87N3O14S/c1-4-7-8-19-44-73(70-72-61-24-17-18-25-63(61)88-70)71-50-55-49-60(86-68(78)53-28-26-51(27-29-53)66(76)84-58-38-34-56(35-39-58)80-45-20-13-9-11-15-22-47-82-64(74)5-2)42-43-62(55)87-69(79)54-32-30-52(31-33-54)67(77)85-59-40-36-57(37-41-59)81-46-21-14-10-12-16-23-48-83-65(75)6-3/h5-6,17-18,24-25,34-43,49-54H,2-4,7-16,19-23,26-33,44-48H2,1H3/b71-50+/t51?,52-,53?,54-. The Labute approximate surface area is 522 Å². The molecule has 5 aromatic rings. The van der Waals surface area contributed by atoms with Crippen LogP contribution in [0.1, 0.15) is 167 Å². The molecule has 7 rings (SSSR count). The molecular formula is C70H87N3O14S. The van der Waals surface area contributed by atoms with E-state index in [-0.39, 0.29) is 47.2 Å². The van der Waals surface area contributed by atoms with Crippen molar-refractivity contribution in [1.29, 1.82) is 0 Å². The van der Waals surface area contributed by atoms with E-state index in [0.29, 0.717) is 113 Å². The molecule has 0 amide bonds. The van der Waals surface area contributed by atoms with Crippen LogP contribution in [0.15, 0.2) is 121 Å². The Morgan fingerprint density at radius 3 is 1.38 bits per heavy atom. The van der Waals surface area contributed by atoms with Gasteiger partial charge in [-0.3, -0.25) is 19.2 Å². The lowest BCUT2D eigenvalue weighted by atomic mass is 9.82. The SMILES string of the molecule is C=CC(=O)OCCCCCCCCOc1ccc(OC(=O)C2CCC(C(=O)Oc3ccc(OC(=O)[C@H]4CC[C@H](C(=O)Oc5ccc(OCCCCCCCCOC(=O)C=C)cc5)CC4)c(/C=N/N(CCCCCC)c4nc5ccccc5s4)c3)CC2)cc1. The number of rotatable bonds is 38. The molecular weight excluding hydrogens is 1140 g/mol. The number of carbonyl (C=O) groups excluding carboxylic acids is 6. The first-order valence-electron chi connectivity index (χ1n) is 31.7. The maximum Gasteiger partial charge on any atom is 0.330 e. The first-order valence-corrected chi connectivity index (χ1v) is 32.5. The molecule has 2 aliphatic carbocycles. The second-order valence-electron chi connectivity index (χ2n) is 22.5. The average Bonchev–Trinajstić information content (AvgIpc) is 3.09. The van der Waals surface area contributed by atoms with Crippen molar-refractivity contribution in [3.63, 3.8) is 0 Å². The highest BCUT2D eigenvalue weighted by Gasteiger charge is 2.34. The van der Waals surface area contributed by atoms with Crippen molar-refractivity contribution in [1.82, 2.24) is 4.98 Å². The Hall–Kier alpha value is -7.86.